The van der Waals surface area contributed by atoms with Crippen LogP contribution in [0.3, 0.4) is 0 Å². The lowest BCUT2D eigenvalue weighted by molar-refractivity contribution is -0.870. The predicted octanol–water partition coefficient (Wildman–Crippen LogP) is 21.5. The van der Waals surface area contributed by atoms with Crippen LogP contribution in [0, 0.1) is 0 Å². The van der Waals surface area contributed by atoms with Crippen LogP contribution in [0.25, 0.3) is 0 Å². The number of carbonyl (C=O) groups is 2. The van der Waals surface area contributed by atoms with Crippen LogP contribution in [-0.2, 0) is 32.7 Å². The molecule has 9 nitrogen and oxygen atoms in total. The quantitative estimate of drug-likeness (QED) is 0.0256. The number of quaternary nitrogens is 1. The van der Waals surface area contributed by atoms with Crippen LogP contribution < -0.4 is 4.89 Å². The molecule has 78 heavy (non-hydrogen) atoms. The second-order valence-electron chi connectivity index (χ2n) is 25.3. The van der Waals surface area contributed by atoms with Gasteiger partial charge in [-0.1, -0.05) is 348 Å². The third-order valence-corrected chi connectivity index (χ3v) is 17.1. The number of likely N-dealkylation sites (N-methyl/N-ethyl adjacent to an activating group) is 1. The van der Waals surface area contributed by atoms with Gasteiger partial charge in [-0.05, 0) is 12.8 Å². The van der Waals surface area contributed by atoms with Crippen molar-refractivity contribution in [1.29, 1.82) is 0 Å². The van der Waals surface area contributed by atoms with Crippen molar-refractivity contribution in [3.8, 4) is 0 Å². The van der Waals surface area contributed by atoms with E-state index in [2.05, 4.69) is 13.8 Å². The number of esters is 2. The third-order valence-electron chi connectivity index (χ3n) is 16.1. The molecule has 0 saturated carbocycles. The fourth-order valence-electron chi connectivity index (χ4n) is 10.8. The van der Waals surface area contributed by atoms with Gasteiger partial charge in [0.25, 0.3) is 7.82 Å². The third kappa shape index (κ3) is 64.2. The van der Waals surface area contributed by atoms with Crippen LogP contribution in [0.4, 0.5) is 0 Å². The lowest BCUT2D eigenvalue weighted by Crippen LogP contribution is -2.37. The highest BCUT2D eigenvalue weighted by Gasteiger charge is 2.22. The fourth-order valence-corrected chi connectivity index (χ4v) is 11.5. The van der Waals surface area contributed by atoms with Crippen LogP contribution in [0.2, 0.25) is 0 Å². The summed E-state index contributed by atoms with van der Waals surface area (Å²) < 4.78 is 34.3. The molecule has 0 N–H and O–H groups in total. The number of nitrogens with zero attached hydrogens (tertiary/aromatic N) is 1. The van der Waals surface area contributed by atoms with Crippen molar-refractivity contribution in [3.63, 3.8) is 0 Å². The minimum Gasteiger partial charge on any atom is -0.756 e. The van der Waals surface area contributed by atoms with Gasteiger partial charge in [0, 0.05) is 12.8 Å². The molecular weight excluding hydrogens is 990 g/mol. The first-order chi connectivity index (χ1) is 38.0. The molecule has 0 aromatic heterocycles. The molecule has 0 spiro atoms. The summed E-state index contributed by atoms with van der Waals surface area (Å²) in [6, 6.07) is 0. The topological polar surface area (TPSA) is 111 Å². The zero-order chi connectivity index (χ0) is 57.0. The predicted molar refractivity (Wildman–Crippen MR) is 333 cm³/mol. The van der Waals surface area contributed by atoms with Crippen molar-refractivity contribution in [2.24, 2.45) is 0 Å². The Balaban J connectivity index is 3.91. The van der Waals surface area contributed by atoms with E-state index in [1.165, 1.54) is 308 Å². The number of rotatable bonds is 66. The number of hydrogen-bond donors (Lipinski definition) is 0. The minimum absolute atomic E-state index is 0.0249. The molecule has 0 saturated heterocycles. The molecule has 2 atom stereocenters. The van der Waals surface area contributed by atoms with Gasteiger partial charge in [-0.2, -0.15) is 0 Å². The van der Waals surface area contributed by atoms with Crippen molar-refractivity contribution in [2.75, 3.05) is 47.5 Å². The Hall–Kier alpha value is -0.990. The Bertz CT molecular complexity index is 1280. The largest absolute Gasteiger partial charge is 0.756 e. The van der Waals surface area contributed by atoms with E-state index < -0.39 is 26.5 Å². The second-order valence-corrected chi connectivity index (χ2v) is 26.7. The van der Waals surface area contributed by atoms with Crippen LogP contribution >= 0.6 is 7.82 Å². The van der Waals surface area contributed by atoms with Gasteiger partial charge in [0.05, 0.1) is 27.7 Å². The van der Waals surface area contributed by atoms with Crippen LogP contribution in [-0.4, -0.2) is 70.0 Å². The molecule has 466 valence electrons. The number of ether oxygens (including phenoxy) is 2. The highest BCUT2D eigenvalue weighted by Crippen LogP contribution is 2.38. The highest BCUT2D eigenvalue weighted by molar-refractivity contribution is 7.45. The van der Waals surface area contributed by atoms with Gasteiger partial charge < -0.3 is 27.9 Å². The summed E-state index contributed by atoms with van der Waals surface area (Å²) in [6.07, 6.45) is 72.0. The van der Waals surface area contributed by atoms with E-state index >= 15 is 0 Å². The Kier molecular flexibility index (Phi) is 59.8. The monoisotopic (exact) mass is 1130 g/mol. The van der Waals surface area contributed by atoms with E-state index in [9.17, 15) is 19.0 Å². The van der Waals surface area contributed by atoms with Crippen molar-refractivity contribution in [3.05, 3.63) is 0 Å². The number of hydrogen-bond acceptors (Lipinski definition) is 8. The molecule has 2 unspecified atom stereocenters. The summed E-state index contributed by atoms with van der Waals surface area (Å²) in [7, 11) is 1.19. The first-order valence-electron chi connectivity index (χ1n) is 34.7. The maximum absolute atomic E-state index is 12.8. The van der Waals surface area contributed by atoms with Gasteiger partial charge in [-0.3, -0.25) is 14.2 Å². The standard InChI is InChI=1S/C68H136NO8P/c1-6-8-10-12-14-16-18-20-22-24-26-27-28-29-30-31-32-33-34-35-36-37-38-39-40-41-43-45-47-49-51-53-55-57-59-61-68(71)77-66(65-76-78(72,73)75-63-62-69(3,4)5)64-74-67(70)60-58-56-54-52-50-48-46-44-42-25-23-21-19-17-15-13-11-9-7-2/h66H,6-65H2,1-5H3. The van der Waals surface area contributed by atoms with Crippen LogP contribution in [0.15, 0.2) is 0 Å². The summed E-state index contributed by atoms with van der Waals surface area (Å²) >= 11 is 0. The Morgan fingerprint density at radius 3 is 0.821 bits per heavy atom. The number of unbranched alkanes of at least 4 members (excludes halogenated alkanes) is 52. The fraction of sp³-hybridized carbons (Fsp3) is 0.971. The van der Waals surface area contributed by atoms with Crippen LogP contribution in [0.1, 0.15) is 373 Å². The molecule has 0 aromatic rings. The van der Waals surface area contributed by atoms with E-state index in [0.29, 0.717) is 17.4 Å². The highest BCUT2D eigenvalue weighted by atomic mass is 31.2. The zero-order valence-corrected chi connectivity index (χ0v) is 54.1. The van der Waals surface area contributed by atoms with Gasteiger partial charge in [-0.15, -0.1) is 0 Å². The summed E-state index contributed by atoms with van der Waals surface area (Å²) in [4.78, 5) is 38.0. The lowest BCUT2D eigenvalue weighted by atomic mass is 10.0. The average molecular weight is 1130 g/mol. The van der Waals surface area contributed by atoms with Gasteiger partial charge in [0.15, 0.2) is 6.10 Å². The van der Waals surface area contributed by atoms with E-state index in [1.807, 2.05) is 21.1 Å². The molecule has 0 amide bonds. The van der Waals surface area contributed by atoms with E-state index in [-0.39, 0.29) is 32.0 Å². The van der Waals surface area contributed by atoms with Gasteiger partial charge in [-0.25, -0.2) is 0 Å². The zero-order valence-electron chi connectivity index (χ0n) is 53.2. The molecule has 0 aromatic carbocycles. The normalized spacial score (nSPS) is 13.1. The van der Waals surface area contributed by atoms with E-state index in [4.69, 9.17) is 18.5 Å². The van der Waals surface area contributed by atoms with Gasteiger partial charge >= 0.3 is 11.9 Å². The number of carbonyl (C=O) groups excluding carboxylic acids is 2. The van der Waals surface area contributed by atoms with Crippen molar-refractivity contribution in [2.45, 2.75) is 380 Å². The maximum atomic E-state index is 12.8. The van der Waals surface area contributed by atoms with Crippen molar-refractivity contribution in [1.82, 2.24) is 0 Å². The summed E-state index contributed by atoms with van der Waals surface area (Å²) in [5.74, 6) is -0.805. The maximum Gasteiger partial charge on any atom is 0.306 e. The molecule has 0 aliphatic carbocycles. The Labute approximate surface area is 486 Å². The SMILES string of the molecule is CCCCCCCCCCCCCCCCCCCCCCCCCCCCCCCCCCCCCC(=O)OC(COC(=O)CCCCCCCCCCCCCCCCCCCCC)COP(=O)([O-])OCC[N+](C)(C)C. The second kappa shape index (κ2) is 60.6. The Morgan fingerprint density at radius 1 is 0.346 bits per heavy atom. The molecule has 0 radical (unpaired) electrons. The summed E-state index contributed by atoms with van der Waals surface area (Å²) in [5, 5.41) is 0. The molecule has 0 aliphatic rings. The smallest absolute Gasteiger partial charge is 0.306 e. The van der Waals surface area contributed by atoms with E-state index in [1.54, 1.807) is 0 Å². The molecule has 0 aliphatic heterocycles. The van der Waals surface area contributed by atoms with Crippen LogP contribution in [0.5, 0.6) is 0 Å². The van der Waals surface area contributed by atoms with Gasteiger partial charge in [0.2, 0.25) is 0 Å². The number of phosphoric ester groups is 1. The summed E-state index contributed by atoms with van der Waals surface area (Å²) in [5.41, 5.74) is 0. The molecular formula is C68H136NO8P. The average Bonchev–Trinajstić information content (AvgIpc) is 3.41. The molecule has 10 heteroatoms. The molecule has 0 heterocycles. The molecule has 0 rings (SSSR count). The number of phosphoric acid groups is 1. The minimum atomic E-state index is -4.63. The van der Waals surface area contributed by atoms with Crippen molar-refractivity contribution >= 4 is 19.8 Å². The lowest BCUT2D eigenvalue weighted by Gasteiger charge is -2.28. The Morgan fingerprint density at radius 2 is 0.577 bits per heavy atom. The molecule has 0 bridgehead atoms. The first kappa shape index (κ1) is 77.0. The van der Waals surface area contributed by atoms with E-state index in [0.717, 1.165) is 32.1 Å². The van der Waals surface area contributed by atoms with Gasteiger partial charge in [0.1, 0.15) is 19.8 Å². The molecule has 0 fully saturated rings. The van der Waals surface area contributed by atoms with Crippen molar-refractivity contribution < 1.29 is 42.1 Å². The summed E-state index contributed by atoms with van der Waals surface area (Å²) in [6.45, 7) is 4.33. The first-order valence-corrected chi connectivity index (χ1v) is 36.2.